The summed E-state index contributed by atoms with van der Waals surface area (Å²) < 4.78 is 29.6. The molecule has 0 atom stereocenters. The predicted molar refractivity (Wildman–Crippen MR) is 85.0 cm³/mol. The third-order valence-corrected chi connectivity index (χ3v) is 5.00. The minimum absolute atomic E-state index is 0.143. The van der Waals surface area contributed by atoms with Crippen molar-refractivity contribution in [2.75, 3.05) is 39.0 Å². The molecule has 1 aromatic rings. The number of carbonyl (C=O) groups excluding carboxylic acids is 1. The summed E-state index contributed by atoms with van der Waals surface area (Å²) in [5, 5.41) is 0.855. The van der Waals surface area contributed by atoms with E-state index in [1.165, 1.54) is 4.31 Å². The van der Waals surface area contributed by atoms with Gasteiger partial charge in [-0.1, -0.05) is 23.2 Å². The Labute approximate surface area is 139 Å². The monoisotopic (exact) mass is 366 g/mol. The molecular weight excluding hydrogens is 351 g/mol. The summed E-state index contributed by atoms with van der Waals surface area (Å²) in [5.74, 6) is 0.213. The maximum atomic E-state index is 12.1. The first-order valence-electron chi connectivity index (χ1n) is 6.57. The largest absolute Gasteiger partial charge is 0.484 e. The Morgan fingerprint density at radius 2 is 1.68 bits per heavy atom. The molecule has 9 heteroatoms. The quantitative estimate of drug-likeness (QED) is 0.809. The molecular formula is C13H16Cl2N2O4S. The zero-order valence-corrected chi connectivity index (χ0v) is 14.3. The average molecular weight is 367 g/mol. The predicted octanol–water partition coefficient (Wildman–Crippen LogP) is 1.48. The highest BCUT2D eigenvalue weighted by Crippen LogP contribution is 2.24. The minimum Gasteiger partial charge on any atom is -0.484 e. The number of benzene rings is 1. The Morgan fingerprint density at radius 3 is 2.18 bits per heavy atom. The van der Waals surface area contributed by atoms with E-state index in [9.17, 15) is 13.2 Å². The molecule has 122 valence electrons. The number of hydrogen-bond donors (Lipinski definition) is 0. The maximum Gasteiger partial charge on any atom is 0.260 e. The molecule has 0 unspecified atom stereocenters. The van der Waals surface area contributed by atoms with Crippen molar-refractivity contribution >= 4 is 39.1 Å². The molecule has 1 saturated heterocycles. The van der Waals surface area contributed by atoms with Crippen LogP contribution in [0.25, 0.3) is 0 Å². The van der Waals surface area contributed by atoms with Gasteiger partial charge < -0.3 is 9.64 Å². The van der Waals surface area contributed by atoms with Gasteiger partial charge in [0, 0.05) is 36.2 Å². The lowest BCUT2D eigenvalue weighted by atomic mass is 10.3. The Bertz CT molecular complexity index is 638. The Hall–Kier alpha value is -1.02. The van der Waals surface area contributed by atoms with Crippen LogP contribution in [0.1, 0.15) is 0 Å². The lowest BCUT2D eigenvalue weighted by Gasteiger charge is -2.33. The van der Waals surface area contributed by atoms with E-state index in [0.29, 0.717) is 42.0 Å². The number of ether oxygens (including phenoxy) is 1. The zero-order chi connectivity index (χ0) is 16.3. The molecule has 1 aromatic carbocycles. The van der Waals surface area contributed by atoms with Crippen LogP contribution < -0.4 is 4.74 Å². The van der Waals surface area contributed by atoms with Crippen molar-refractivity contribution in [3.8, 4) is 5.75 Å². The molecule has 1 aliphatic heterocycles. The van der Waals surface area contributed by atoms with Gasteiger partial charge in [-0.05, 0) is 18.2 Å². The number of halogens is 2. The third-order valence-electron chi connectivity index (χ3n) is 3.26. The van der Waals surface area contributed by atoms with Gasteiger partial charge in [0.25, 0.3) is 5.91 Å². The first-order valence-corrected chi connectivity index (χ1v) is 9.18. The van der Waals surface area contributed by atoms with Gasteiger partial charge in [-0.25, -0.2) is 8.42 Å². The van der Waals surface area contributed by atoms with Crippen LogP contribution in [-0.2, 0) is 14.8 Å². The molecule has 0 aliphatic carbocycles. The molecule has 6 nitrogen and oxygen atoms in total. The van der Waals surface area contributed by atoms with Crippen molar-refractivity contribution in [1.29, 1.82) is 0 Å². The number of piperazine rings is 1. The Kier molecular flexibility index (Phi) is 5.55. The van der Waals surface area contributed by atoms with Gasteiger partial charge >= 0.3 is 0 Å². The Morgan fingerprint density at radius 1 is 1.14 bits per heavy atom. The summed E-state index contributed by atoms with van der Waals surface area (Å²) in [4.78, 5) is 13.6. The summed E-state index contributed by atoms with van der Waals surface area (Å²) in [6.45, 7) is 1.16. The van der Waals surface area contributed by atoms with Gasteiger partial charge in [0.15, 0.2) is 6.61 Å². The van der Waals surface area contributed by atoms with Crippen molar-refractivity contribution in [3.05, 3.63) is 28.2 Å². The van der Waals surface area contributed by atoms with Gasteiger partial charge in [0.2, 0.25) is 10.0 Å². The molecule has 0 spiro atoms. The molecule has 0 bridgehead atoms. The second kappa shape index (κ2) is 7.04. The third kappa shape index (κ3) is 4.74. The number of amides is 1. The normalized spacial score (nSPS) is 16.6. The molecule has 0 aromatic heterocycles. The van der Waals surface area contributed by atoms with E-state index in [1.807, 2.05) is 0 Å². The summed E-state index contributed by atoms with van der Waals surface area (Å²) in [6.07, 6.45) is 1.16. The molecule has 1 heterocycles. The maximum absolute atomic E-state index is 12.1. The van der Waals surface area contributed by atoms with Gasteiger partial charge in [-0.3, -0.25) is 4.79 Å². The molecule has 1 fully saturated rings. The van der Waals surface area contributed by atoms with E-state index >= 15 is 0 Å². The van der Waals surface area contributed by atoms with Gasteiger partial charge in [-0.15, -0.1) is 0 Å². The minimum atomic E-state index is -3.21. The fourth-order valence-corrected chi connectivity index (χ4v) is 3.45. The van der Waals surface area contributed by atoms with E-state index in [4.69, 9.17) is 27.9 Å². The summed E-state index contributed by atoms with van der Waals surface area (Å²) in [7, 11) is -3.21. The first-order chi connectivity index (χ1) is 10.3. The summed E-state index contributed by atoms with van der Waals surface area (Å²) in [5.41, 5.74) is 0. The van der Waals surface area contributed by atoms with Gasteiger partial charge in [0.1, 0.15) is 5.75 Å². The van der Waals surface area contributed by atoms with E-state index in [1.54, 1.807) is 23.1 Å². The fourth-order valence-electron chi connectivity index (χ4n) is 2.12. The second-order valence-corrected chi connectivity index (χ2v) is 7.79. The van der Waals surface area contributed by atoms with Crippen molar-refractivity contribution in [2.45, 2.75) is 0 Å². The number of nitrogens with zero attached hydrogens (tertiary/aromatic N) is 2. The van der Waals surface area contributed by atoms with Crippen LogP contribution in [0.4, 0.5) is 0 Å². The highest BCUT2D eigenvalue weighted by molar-refractivity contribution is 7.88. The highest BCUT2D eigenvalue weighted by atomic mass is 35.5. The van der Waals surface area contributed by atoms with Crippen LogP contribution in [0.2, 0.25) is 10.0 Å². The molecule has 0 saturated carbocycles. The summed E-state index contributed by atoms with van der Waals surface area (Å²) in [6, 6.07) is 4.72. The van der Waals surface area contributed by atoms with Crippen LogP contribution >= 0.6 is 23.2 Å². The topological polar surface area (TPSA) is 66.9 Å². The number of carbonyl (C=O) groups is 1. The van der Waals surface area contributed by atoms with E-state index < -0.39 is 10.0 Å². The van der Waals surface area contributed by atoms with Crippen LogP contribution in [0.15, 0.2) is 18.2 Å². The van der Waals surface area contributed by atoms with E-state index in [2.05, 4.69) is 0 Å². The number of rotatable bonds is 4. The lowest BCUT2D eigenvalue weighted by molar-refractivity contribution is -0.134. The average Bonchev–Trinajstić information content (AvgIpc) is 2.43. The zero-order valence-electron chi connectivity index (χ0n) is 12.0. The summed E-state index contributed by atoms with van der Waals surface area (Å²) >= 11 is 11.7. The molecule has 22 heavy (non-hydrogen) atoms. The van der Waals surface area contributed by atoms with Crippen LogP contribution in [0.5, 0.6) is 5.75 Å². The highest BCUT2D eigenvalue weighted by Gasteiger charge is 2.26. The van der Waals surface area contributed by atoms with Crippen LogP contribution in [0.3, 0.4) is 0 Å². The van der Waals surface area contributed by atoms with E-state index in [-0.39, 0.29) is 12.5 Å². The lowest BCUT2D eigenvalue weighted by Crippen LogP contribution is -2.51. The number of sulfonamides is 1. The standard InChI is InChI=1S/C13H16Cl2N2O4S/c1-22(19,20)17-4-2-16(3-5-17)13(18)9-21-12-7-10(14)6-11(15)8-12/h6-8H,2-5,9H2,1H3. The van der Waals surface area contributed by atoms with Crippen molar-refractivity contribution in [3.63, 3.8) is 0 Å². The molecule has 2 rings (SSSR count). The van der Waals surface area contributed by atoms with Crippen LogP contribution in [-0.4, -0.2) is 62.6 Å². The molecule has 1 aliphatic rings. The first kappa shape index (κ1) is 17.3. The second-order valence-electron chi connectivity index (χ2n) is 4.94. The number of hydrogen-bond acceptors (Lipinski definition) is 4. The van der Waals surface area contributed by atoms with Crippen molar-refractivity contribution in [1.82, 2.24) is 9.21 Å². The van der Waals surface area contributed by atoms with Crippen molar-refractivity contribution < 1.29 is 17.9 Å². The van der Waals surface area contributed by atoms with E-state index in [0.717, 1.165) is 6.26 Å². The van der Waals surface area contributed by atoms with Crippen LogP contribution in [0, 0.1) is 0 Å². The van der Waals surface area contributed by atoms with Crippen molar-refractivity contribution in [2.24, 2.45) is 0 Å². The smallest absolute Gasteiger partial charge is 0.260 e. The Balaban J connectivity index is 1.86. The molecule has 1 amide bonds. The van der Waals surface area contributed by atoms with Gasteiger partial charge in [-0.2, -0.15) is 4.31 Å². The molecule has 0 N–H and O–H groups in total. The fraction of sp³-hybridized carbons (Fsp3) is 0.462. The van der Waals surface area contributed by atoms with Gasteiger partial charge in [0.05, 0.1) is 6.26 Å². The SMILES string of the molecule is CS(=O)(=O)N1CCN(C(=O)COc2cc(Cl)cc(Cl)c2)CC1. The molecule has 0 radical (unpaired) electrons.